The number of alkyl halides is 12. The Balaban J connectivity index is 0.000000331. The first kappa shape index (κ1) is 69.9. The van der Waals surface area contributed by atoms with E-state index in [0.29, 0.717) is 63.2 Å². The minimum Gasteiger partial charge on any atom is -0.493 e. The molecule has 4 fully saturated rings. The summed E-state index contributed by atoms with van der Waals surface area (Å²) in [5.74, 6) is -0.322. The summed E-state index contributed by atoms with van der Waals surface area (Å²) < 4.78 is 216. The van der Waals surface area contributed by atoms with Gasteiger partial charge in [0.2, 0.25) is 26.0 Å². The largest absolute Gasteiger partial charge is 0.493 e. The molecule has 472 valence electrons. The summed E-state index contributed by atoms with van der Waals surface area (Å²) in [7, 11) is -6.81. The first-order chi connectivity index (χ1) is 38.1. The lowest BCUT2D eigenvalue weighted by molar-refractivity contribution is -0.309. The monoisotopic (exact) mass is 1250 g/mol. The average molecular weight is 1250 g/mol. The minimum absolute atomic E-state index is 0.0119. The number of carboxylic acid groups (broad SMARTS) is 1. The molecule has 0 atom stereocenters. The molecule has 83 heavy (non-hydrogen) atoms. The number of primary sulfonamides is 1. The predicted octanol–water partition coefficient (Wildman–Crippen LogP) is 8.49. The van der Waals surface area contributed by atoms with E-state index in [0.717, 1.165) is 76.8 Å². The van der Waals surface area contributed by atoms with Gasteiger partial charge in [-0.05, 0) is 114 Å². The third kappa shape index (κ3) is 22.4. The lowest BCUT2D eigenvalue weighted by atomic mass is 9.85. The van der Waals surface area contributed by atoms with Crippen molar-refractivity contribution in [2.24, 2.45) is 5.14 Å². The topological polar surface area (TPSA) is 245 Å². The van der Waals surface area contributed by atoms with E-state index in [1.807, 2.05) is 55.0 Å². The molecule has 0 bridgehead atoms. The number of carbonyl (C=O) groups is 4. The van der Waals surface area contributed by atoms with Crippen molar-refractivity contribution in [3.63, 3.8) is 0 Å². The smallest absolute Gasteiger partial charge is 0.434 e. The highest BCUT2D eigenvalue weighted by atomic mass is 32.2. The minimum atomic E-state index is -5.77. The first-order valence-corrected chi connectivity index (χ1v) is 29.8. The summed E-state index contributed by atoms with van der Waals surface area (Å²) >= 11 is 0. The summed E-state index contributed by atoms with van der Waals surface area (Å²) in [4.78, 5) is 53.0. The van der Waals surface area contributed by atoms with Gasteiger partial charge in [-0.1, -0.05) is 24.3 Å². The van der Waals surface area contributed by atoms with Crippen LogP contribution < -0.4 is 19.3 Å². The number of benzene rings is 2. The molecule has 4 N–H and O–H groups in total. The second-order valence-electron chi connectivity index (χ2n) is 20.8. The van der Waals surface area contributed by atoms with Crippen LogP contribution in [0.5, 0.6) is 11.5 Å². The first-order valence-electron chi connectivity index (χ1n) is 25.9. The van der Waals surface area contributed by atoms with Gasteiger partial charge in [0.25, 0.3) is 12.2 Å². The highest BCUT2D eigenvalue weighted by Crippen LogP contribution is 2.44. The van der Waals surface area contributed by atoms with Crippen LogP contribution in [0.3, 0.4) is 0 Å². The van der Waals surface area contributed by atoms with Crippen molar-refractivity contribution in [1.82, 2.24) is 24.3 Å². The molecule has 0 unspecified atom stereocenters. The number of sulfonamides is 2. The number of amides is 3. The van der Waals surface area contributed by atoms with Crippen molar-refractivity contribution >= 4 is 44.1 Å². The Morgan fingerprint density at radius 1 is 0.590 bits per heavy atom. The van der Waals surface area contributed by atoms with E-state index in [4.69, 9.17) is 14.6 Å². The fourth-order valence-electron chi connectivity index (χ4n) is 10.2. The standard InChI is InChI=1S/C25H33F6N3O6S.C24H30F6N2O5.CH5NO2S/c1-17-6-7-18(19(15-17)39-14-3-5-20(35)32-41(2,37)38)16-34-11-4-8-23(34)9-12-33(13-10-23)22(36)40-21(24(26,27)28)25(29,30)31;1-16-5-6-17(18(14-16)36-13-2-4-19(33)34)15-32-10-3-7-22(32)8-11-31(12-9-22)21(35)37-20(23(25,26)27)24(28,29)30;1-5(2,3)4/h6-7,15,21H,3-5,8-14,16H2,1-2H3,(H,32,35);5-6,14,20H,2-4,7-13,15H2,1H3,(H,33,34);1H3,(H2,2,3,4). The molecular weight excluding hydrogens is 1180 g/mol. The molecular formula is C50H68F12N6O13S2. The zero-order valence-corrected chi connectivity index (χ0v) is 47.4. The maximum absolute atomic E-state index is 12.8. The van der Waals surface area contributed by atoms with Gasteiger partial charge in [-0.15, -0.1) is 0 Å². The van der Waals surface area contributed by atoms with E-state index in [9.17, 15) is 88.7 Å². The number of hydrogen-bond acceptors (Lipinski definition) is 14. The zero-order valence-electron chi connectivity index (χ0n) is 45.7. The third-order valence-electron chi connectivity index (χ3n) is 14.1. The Kier molecular flexibility index (Phi) is 24.1. The van der Waals surface area contributed by atoms with Gasteiger partial charge in [0.1, 0.15) is 11.5 Å². The van der Waals surface area contributed by atoms with Crippen molar-refractivity contribution in [3.05, 3.63) is 58.7 Å². The Morgan fingerprint density at radius 2 is 0.928 bits per heavy atom. The molecule has 0 saturated carbocycles. The average Bonchev–Trinajstić information content (AvgIpc) is 3.91. The van der Waals surface area contributed by atoms with Crippen LogP contribution in [0.2, 0.25) is 0 Å². The highest BCUT2D eigenvalue weighted by molar-refractivity contribution is 7.89. The van der Waals surface area contributed by atoms with Gasteiger partial charge in [-0.25, -0.2) is 31.6 Å². The van der Waals surface area contributed by atoms with Gasteiger partial charge < -0.3 is 33.9 Å². The molecule has 19 nitrogen and oxygen atoms in total. The number of nitrogens with one attached hydrogen (secondary N) is 1. The second kappa shape index (κ2) is 28.6. The number of aliphatic carboxylic acids is 1. The maximum Gasteiger partial charge on any atom is 0.434 e. The van der Waals surface area contributed by atoms with E-state index in [2.05, 4.69) is 24.4 Å². The number of nitrogens with two attached hydrogens (primary N) is 1. The van der Waals surface area contributed by atoms with Gasteiger partial charge >= 0.3 is 42.9 Å². The predicted molar refractivity (Wildman–Crippen MR) is 273 cm³/mol. The van der Waals surface area contributed by atoms with Crippen molar-refractivity contribution in [1.29, 1.82) is 0 Å². The van der Waals surface area contributed by atoms with E-state index >= 15 is 0 Å². The van der Waals surface area contributed by atoms with Crippen LogP contribution in [0.15, 0.2) is 36.4 Å². The van der Waals surface area contributed by atoms with Crippen LogP contribution in [0.1, 0.15) is 99.3 Å². The number of carbonyl (C=O) groups excluding carboxylic acids is 3. The lowest BCUT2D eigenvalue weighted by Gasteiger charge is -2.45. The van der Waals surface area contributed by atoms with Gasteiger partial charge in [-0.3, -0.25) is 24.1 Å². The zero-order chi connectivity index (χ0) is 62.6. The van der Waals surface area contributed by atoms with E-state index in [1.54, 1.807) is 0 Å². The van der Waals surface area contributed by atoms with Crippen LogP contribution in [-0.2, 0) is 52.2 Å². The molecule has 2 spiro atoms. The number of ether oxygens (including phenoxy) is 4. The molecule has 2 aromatic carbocycles. The number of aryl methyl sites for hydroxylation is 2. The highest BCUT2D eigenvalue weighted by Gasteiger charge is 2.62. The number of piperidine rings is 2. The Bertz CT molecular complexity index is 2720. The molecule has 4 aliphatic heterocycles. The Morgan fingerprint density at radius 3 is 1.24 bits per heavy atom. The van der Waals surface area contributed by atoms with E-state index < -0.39 is 86.6 Å². The molecule has 4 aliphatic rings. The number of likely N-dealkylation sites (tertiary alicyclic amines) is 4. The van der Waals surface area contributed by atoms with Crippen molar-refractivity contribution in [2.75, 3.05) is 65.0 Å². The number of carboxylic acids is 1. The van der Waals surface area contributed by atoms with Gasteiger partial charge in [-0.2, -0.15) is 52.7 Å². The molecule has 4 heterocycles. The Hall–Kier alpha value is -5.54. The van der Waals surface area contributed by atoms with Gasteiger partial charge in [0, 0.05) is 74.3 Å². The number of hydrogen-bond donors (Lipinski definition) is 3. The van der Waals surface area contributed by atoms with Crippen LogP contribution in [-0.4, -0.2) is 179 Å². The Labute approximate surface area is 472 Å². The molecule has 4 saturated heterocycles. The van der Waals surface area contributed by atoms with Crippen LogP contribution >= 0.6 is 0 Å². The normalized spacial score (nSPS) is 17.9. The second-order valence-corrected chi connectivity index (χ2v) is 24.2. The van der Waals surface area contributed by atoms with E-state index in [1.165, 1.54) is 0 Å². The van der Waals surface area contributed by atoms with Gasteiger partial charge in [0.05, 0.1) is 25.7 Å². The lowest BCUT2D eigenvalue weighted by Crippen LogP contribution is -2.54. The van der Waals surface area contributed by atoms with Crippen molar-refractivity contribution in [2.45, 2.75) is 152 Å². The molecule has 3 amide bonds. The van der Waals surface area contributed by atoms with Crippen molar-refractivity contribution < 1.29 is 113 Å². The molecule has 33 heteroatoms. The molecule has 0 radical (unpaired) electrons. The molecule has 0 aromatic heterocycles. The van der Waals surface area contributed by atoms with Crippen LogP contribution in [0.4, 0.5) is 62.3 Å². The molecule has 2 aromatic rings. The van der Waals surface area contributed by atoms with Crippen LogP contribution in [0.25, 0.3) is 0 Å². The summed E-state index contributed by atoms with van der Waals surface area (Å²) in [6.07, 6.45) is -27.6. The number of rotatable bonds is 17. The van der Waals surface area contributed by atoms with Crippen LogP contribution in [0, 0.1) is 13.8 Å². The van der Waals surface area contributed by atoms with Crippen molar-refractivity contribution in [3.8, 4) is 11.5 Å². The summed E-state index contributed by atoms with van der Waals surface area (Å²) in [6, 6.07) is 11.4. The third-order valence-corrected chi connectivity index (χ3v) is 14.7. The molecule has 0 aliphatic carbocycles. The van der Waals surface area contributed by atoms with E-state index in [-0.39, 0.29) is 64.2 Å². The fourth-order valence-corrected chi connectivity index (χ4v) is 10.7. The summed E-state index contributed by atoms with van der Waals surface area (Å²) in [5.41, 5.74) is 2.89. The number of nitrogens with zero attached hydrogens (tertiary/aromatic N) is 4. The quantitative estimate of drug-likeness (QED) is 0.0993. The SMILES string of the molecule is CS(N)(=O)=O.Cc1ccc(CN2CCCC23CCN(C(=O)OC(C(F)(F)F)C(F)(F)F)CC3)c(OCCCC(=O)NS(C)(=O)=O)c1.Cc1ccc(CN2CCCC23CCN(C(=O)OC(C(F)(F)F)C(F)(F)F)CC3)c(OCCCC(=O)O)c1. The molecule has 6 rings (SSSR count). The number of halogens is 12. The fraction of sp³-hybridized carbons (Fsp3) is 0.680. The summed E-state index contributed by atoms with van der Waals surface area (Å²) in [6.45, 7) is 6.43. The summed E-state index contributed by atoms with van der Waals surface area (Å²) in [5, 5.41) is 13.1. The van der Waals surface area contributed by atoms with Gasteiger partial charge in [0.15, 0.2) is 0 Å². The maximum atomic E-state index is 12.8.